The summed E-state index contributed by atoms with van der Waals surface area (Å²) in [6.07, 6.45) is -0.177. The Balaban J connectivity index is 2.72. The Kier molecular flexibility index (Phi) is 3.96. The highest BCUT2D eigenvalue weighted by atomic mass is 79.9. The molecule has 80 valence electrons. The molecule has 0 radical (unpaired) electrons. The summed E-state index contributed by atoms with van der Waals surface area (Å²) in [6.45, 7) is 1.33. The highest BCUT2D eigenvalue weighted by molar-refractivity contribution is 9.10. The van der Waals surface area contributed by atoms with Gasteiger partial charge in [-0.25, -0.2) is 4.39 Å². The molecule has 0 unspecified atom stereocenters. The van der Waals surface area contributed by atoms with Crippen LogP contribution in [0, 0.1) is 5.82 Å². The first-order chi connectivity index (χ1) is 6.99. The molecule has 0 atom stereocenters. The molecule has 0 aliphatic carbocycles. The van der Waals surface area contributed by atoms with Crippen LogP contribution in [0.1, 0.15) is 13.3 Å². The number of ketones is 1. The first-order valence-electron chi connectivity index (χ1n) is 4.23. The molecule has 0 aliphatic heterocycles. The van der Waals surface area contributed by atoms with E-state index in [2.05, 4.69) is 21.2 Å². The van der Waals surface area contributed by atoms with Crippen molar-refractivity contribution in [3.8, 4) is 0 Å². The van der Waals surface area contributed by atoms with E-state index in [1.165, 1.54) is 25.1 Å². The molecule has 5 heteroatoms. The second-order valence-electron chi connectivity index (χ2n) is 3.05. The zero-order valence-corrected chi connectivity index (χ0v) is 9.60. The van der Waals surface area contributed by atoms with Crippen LogP contribution in [0.3, 0.4) is 0 Å². The molecule has 1 aromatic carbocycles. The monoisotopic (exact) mass is 273 g/mol. The summed E-state index contributed by atoms with van der Waals surface area (Å²) >= 11 is 3.10. The number of rotatable bonds is 3. The Morgan fingerprint density at radius 1 is 1.47 bits per heavy atom. The van der Waals surface area contributed by atoms with Crippen LogP contribution < -0.4 is 5.32 Å². The molecule has 1 amide bonds. The predicted molar refractivity (Wildman–Crippen MR) is 58.0 cm³/mol. The van der Waals surface area contributed by atoms with Crippen LogP contribution >= 0.6 is 15.9 Å². The number of halogens is 2. The van der Waals surface area contributed by atoms with Crippen molar-refractivity contribution in [1.29, 1.82) is 0 Å². The van der Waals surface area contributed by atoms with Gasteiger partial charge in [0, 0.05) is 4.47 Å². The fourth-order valence-electron chi connectivity index (χ4n) is 1.01. The minimum absolute atomic E-state index is 0.177. The Morgan fingerprint density at radius 2 is 2.13 bits per heavy atom. The third kappa shape index (κ3) is 3.79. The molecule has 15 heavy (non-hydrogen) atoms. The second kappa shape index (κ2) is 5.02. The zero-order valence-electron chi connectivity index (χ0n) is 8.01. The maximum absolute atomic E-state index is 12.7. The maximum Gasteiger partial charge on any atom is 0.231 e. The van der Waals surface area contributed by atoms with Crippen molar-refractivity contribution in [3.63, 3.8) is 0 Å². The molecular weight excluding hydrogens is 265 g/mol. The van der Waals surface area contributed by atoms with Gasteiger partial charge in [-0.05, 0) is 41.1 Å². The zero-order chi connectivity index (χ0) is 11.4. The van der Waals surface area contributed by atoms with Crippen LogP contribution in [0.25, 0.3) is 0 Å². The summed E-state index contributed by atoms with van der Waals surface area (Å²) in [4.78, 5) is 21.9. The van der Waals surface area contributed by atoms with E-state index in [1.807, 2.05) is 0 Å². The first kappa shape index (κ1) is 11.8. The van der Waals surface area contributed by atoms with Gasteiger partial charge in [0.1, 0.15) is 11.6 Å². The molecule has 1 rings (SSSR count). The highest BCUT2D eigenvalue weighted by Gasteiger charge is 2.08. The second-order valence-corrected chi connectivity index (χ2v) is 3.91. The van der Waals surface area contributed by atoms with Crippen LogP contribution in [-0.2, 0) is 9.59 Å². The number of hydrogen-bond donors (Lipinski definition) is 1. The number of carbonyl (C=O) groups excluding carboxylic acids is 2. The topological polar surface area (TPSA) is 46.2 Å². The average molecular weight is 274 g/mol. The van der Waals surface area contributed by atoms with Crippen LogP contribution in [0.5, 0.6) is 0 Å². The van der Waals surface area contributed by atoms with E-state index in [-0.39, 0.29) is 12.2 Å². The smallest absolute Gasteiger partial charge is 0.231 e. The van der Waals surface area contributed by atoms with Crippen LogP contribution in [0.15, 0.2) is 22.7 Å². The van der Waals surface area contributed by atoms with Gasteiger partial charge in [0.15, 0.2) is 0 Å². The quantitative estimate of drug-likeness (QED) is 0.861. The lowest BCUT2D eigenvalue weighted by Gasteiger charge is -2.05. The van der Waals surface area contributed by atoms with Crippen molar-refractivity contribution in [2.45, 2.75) is 13.3 Å². The van der Waals surface area contributed by atoms with Crippen molar-refractivity contribution in [3.05, 3.63) is 28.5 Å². The average Bonchev–Trinajstić information content (AvgIpc) is 2.08. The van der Waals surface area contributed by atoms with Gasteiger partial charge in [0.05, 0.1) is 12.1 Å². The van der Waals surface area contributed by atoms with Gasteiger partial charge in [-0.3, -0.25) is 9.59 Å². The molecule has 0 saturated carbocycles. The SMILES string of the molecule is CC(=O)CC(=O)Nc1ccc(F)cc1Br. The van der Waals surface area contributed by atoms with E-state index in [0.29, 0.717) is 10.2 Å². The Labute approximate surface area is 94.8 Å². The molecule has 0 saturated heterocycles. The Hall–Kier alpha value is -1.23. The van der Waals surface area contributed by atoms with Gasteiger partial charge in [0.2, 0.25) is 5.91 Å². The van der Waals surface area contributed by atoms with Crippen molar-refractivity contribution >= 4 is 33.3 Å². The summed E-state index contributed by atoms with van der Waals surface area (Å²) in [5.41, 5.74) is 0.447. The molecular formula is C10H9BrFNO2. The normalized spacial score (nSPS) is 9.80. The summed E-state index contributed by atoms with van der Waals surface area (Å²) in [5.74, 6) is -1.02. The highest BCUT2D eigenvalue weighted by Crippen LogP contribution is 2.23. The summed E-state index contributed by atoms with van der Waals surface area (Å²) in [6, 6.07) is 3.90. The van der Waals surface area contributed by atoms with E-state index in [9.17, 15) is 14.0 Å². The number of anilines is 1. The molecule has 1 aromatic rings. The van der Waals surface area contributed by atoms with Gasteiger partial charge < -0.3 is 5.32 Å². The first-order valence-corrected chi connectivity index (χ1v) is 5.02. The largest absolute Gasteiger partial charge is 0.325 e. The Morgan fingerprint density at radius 3 is 2.67 bits per heavy atom. The molecule has 1 N–H and O–H groups in total. The molecule has 0 spiro atoms. The van der Waals surface area contributed by atoms with Crippen molar-refractivity contribution in [2.75, 3.05) is 5.32 Å². The summed E-state index contributed by atoms with van der Waals surface area (Å²) < 4.78 is 13.1. The minimum atomic E-state index is -0.408. The summed E-state index contributed by atoms with van der Waals surface area (Å²) in [7, 11) is 0. The number of Topliss-reactive ketones (excluding diaryl/α,β-unsaturated/α-hetero) is 1. The fraction of sp³-hybridized carbons (Fsp3) is 0.200. The third-order valence-electron chi connectivity index (χ3n) is 1.61. The maximum atomic E-state index is 12.7. The van der Waals surface area contributed by atoms with E-state index in [0.717, 1.165) is 0 Å². The minimum Gasteiger partial charge on any atom is -0.325 e. The van der Waals surface area contributed by atoms with Crippen LogP contribution in [0.4, 0.5) is 10.1 Å². The van der Waals surface area contributed by atoms with Gasteiger partial charge in [-0.1, -0.05) is 0 Å². The van der Waals surface area contributed by atoms with Gasteiger partial charge in [-0.2, -0.15) is 0 Å². The summed E-state index contributed by atoms with van der Waals surface area (Å²) in [5, 5.41) is 2.50. The van der Waals surface area contributed by atoms with E-state index in [4.69, 9.17) is 0 Å². The third-order valence-corrected chi connectivity index (χ3v) is 2.27. The van der Waals surface area contributed by atoms with Crippen LogP contribution in [-0.4, -0.2) is 11.7 Å². The van der Waals surface area contributed by atoms with E-state index < -0.39 is 11.7 Å². The number of carbonyl (C=O) groups is 2. The fourth-order valence-corrected chi connectivity index (χ4v) is 1.46. The van der Waals surface area contributed by atoms with Gasteiger partial charge in [-0.15, -0.1) is 0 Å². The molecule has 0 bridgehead atoms. The lowest BCUT2D eigenvalue weighted by atomic mass is 10.2. The van der Waals surface area contributed by atoms with Crippen LogP contribution in [0.2, 0.25) is 0 Å². The van der Waals surface area contributed by atoms with E-state index in [1.54, 1.807) is 0 Å². The van der Waals surface area contributed by atoms with Crippen molar-refractivity contribution < 1.29 is 14.0 Å². The molecule has 0 aliphatic rings. The lowest BCUT2D eigenvalue weighted by molar-refractivity contribution is -0.124. The van der Waals surface area contributed by atoms with Gasteiger partial charge in [0.25, 0.3) is 0 Å². The predicted octanol–water partition coefficient (Wildman–Crippen LogP) is 2.51. The van der Waals surface area contributed by atoms with Crippen molar-refractivity contribution in [1.82, 2.24) is 0 Å². The standard InChI is InChI=1S/C10H9BrFNO2/c1-6(14)4-10(15)13-9-3-2-7(12)5-8(9)11/h2-3,5H,4H2,1H3,(H,13,15). The number of amides is 1. The number of nitrogens with one attached hydrogen (secondary N) is 1. The van der Waals surface area contributed by atoms with Gasteiger partial charge >= 0.3 is 0 Å². The molecule has 0 fully saturated rings. The molecule has 0 aromatic heterocycles. The van der Waals surface area contributed by atoms with E-state index >= 15 is 0 Å². The number of benzene rings is 1. The molecule has 3 nitrogen and oxygen atoms in total. The molecule has 0 heterocycles. The number of hydrogen-bond acceptors (Lipinski definition) is 2. The van der Waals surface area contributed by atoms with Crippen molar-refractivity contribution in [2.24, 2.45) is 0 Å². The Bertz CT molecular complexity index is 406. The lowest BCUT2D eigenvalue weighted by Crippen LogP contribution is -2.15.